The zero-order valence-corrected chi connectivity index (χ0v) is 16.9. The molecule has 7 heteroatoms. The van der Waals surface area contributed by atoms with Gasteiger partial charge in [-0.2, -0.15) is 0 Å². The Hall–Kier alpha value is -1.79. The molecule has 1 aromatic rings. The van der Waals surface area contributed by atoms with Crippen LogP contribution in [0.15, 0.2) is 18.2 Å². The number of carbonyl (C=O) groups is 2. The first-order valence-electron chi connectivity index (χ1n) is 10.1. The first kappa shape index (κ1) is 19.5. The highest BCUT2D eigenvalue weighted by atomic mass is 35.5. The third-order valence-corrected chi connectivity index (χ3v) is 6.74. The Kier molecular flexibility index (Phi) is 5.27. The van der Waals surface area contributed by atoms with E-state index in [2.05, 4.69) is 5.32 Å². The third kappa shape index (κ3) is 3.72. The molecule has 0 bridgehead atoms. The van der Waals surface area contributed by atoms with Gasteiger partial charge in [0.2, 0.25) is 5.91 Å². The average molecular weight is 407 g/mol. The van der Waals surface area contributed by atoms with Crippen LogP contribution in [0.3, 0.4) is 0 Å². The molecule has 1 aromatic carbocycles. The molecule has 152 valence electrons. The molecule has 6 nitrogen and oxygen atoms in total. The molecule has 2 heterocycles. The van der Waals surface area contributed by atoms with E-state index < -0.39 is 5.60 Å². The first-order chi connectivity index (χ1) is 13.4. The van der Waals surface area contributed by atoms with Crippen molar-refractivity contribution in [2.24, 2.45) is 11.8 Å². The van der Waals surface area contributed by atoms with Crippen molar-refractivity contribution in [2.45, 2.75) is 50.7 Å². The molecule has 2 N–H and O–H groups in total. The van der Waals surface area contributed by atoms with Crippen LogP contribution >= 0.6 is 11.6 Å². The van der Waals surface area contributed by atoms with E-state index in [1.807, 2.05) is 11.8 Å². The lowest BCUT2D eigenvalue weighted by atomic mass is 9.77. The SMILES string of the molecule is CC1CN(C(=O)C2CCC3(CC2)CNC(=O)c2cc(Cl)ccc2O3)CCC1O. The van der Waals surface area contributed by atoms with Gasteiger partial charge in [0.1, 0.15) is 11.4 Å². The standard InChI is InChI=1S/C21H27ClN2O4/c1-13-11-24(9-6-17(13)25)20(27)14-4-7-21(8-5-14)12-23-19(26)16-10-15(22)2-3-18(16)28-21/h2-3,10,13-14,17,25H,4-9,11-12H2,1H3,(H,23,26). The Labute approximate surface area is 170 Å². The number of aliphatic hydroxyl groups excluding tert-OH is 1. The Bertz CT molecular complexity index is 776. The summed E-state index contributed by atoms with van der Waals surface area (Å²) < 4.78 is 6.32. The van der Waals surface area contributed by atoms with Crippen LogP contribution in [0.2, 0.25) is 5.02 Å². The highest BCUT2D eigenvalue weighted by molar-refractivity contribution is 6.31. The van der Waals surface area contributed by atoms with Gasteiger partial charge in [-0.05, 0) is 56.2 Å². The number of aliphatic hydroxyl groups is 1. The number of amides is 2. The molecular weight excluding hydrogens is 380 g/mol. The van der Waals surface area contributed by atoms with Crippen molar-refractivity contribution in [2.75, 3.05) is 19.6 Å². The predicted octanol–water partition coefficient (Wildman–Crippen LogP) is 2.62. The lowest BCUT2D eigenvalue weighted by Gasteiger charge is -2.41. The molecule has 0 radical (unpaired) electrons. The minimum atomic E-state index is -0.475. The van der Waals surface area contributed by atoms with Gasteiger partial charge in [0, 0.05) is 24.0 Å². The Morgan fingerprint density at radius 3 is 2.79 bits per heavy atom. The molecule has 1 spiro atoms. The molecule has 1 saturated carbocycles. The van der Waals surface area contributed by atoms with E-state index in [0.29, 0.717) is 42.4 Å². The maximum Gasteiger partial charge on any atom is 0.255 e. The minimum Gasteiger partial charge on any atom is -0.485 e. The second-order valence-corrected chi connectivity index (χ2v) is 8.94. The van der Waals surface area contributed by atoms with Gasteiger partial charge in [-0.15, -0.1) is 0 Å². The average Bonchev–Trinajstić information content (AvgIpc) is 2.82. The third-order valence-electron chi connectivity index (χ3n) is 6.50. The molecule has 3 aliphatic rings. The van der Waals surface area contributed by atoms with E-state index in [1.54, 1.807) is 18.2 Å². The van der Waals surface area contributed by atoms with Crippen LogP contribution in [0.25, 0.3) is 0 Å². The molecule has 0 aromatic heterocycles. The molecule has 2 unspecified atom stereocenters. The topological polar surface area (TPSA) is 78.9 Å². The van der Waals surface area contributed by atoms with E-state index in [1.165, 1.54) is 0 Å². The number of nitrogens with one attached hydrogen (secondary N) is 1. The molecule has 2 amide bonds. The van der Waals surface area contributed by atoms with Crippen molar-refractivity contribution in [3.63, 3.8) is 0 Å². The summed E-state index contributed by atoms with van der Waals surface area (Å²) in [4.78, 5) is 27.3. The number of halogens is 1. The van der Waals surface area contributed by atoms with E-state index >= 15 is 0 Å². The largest absolute Gasteiger partial charge is 0.485 e. The number of carbonyl (C=O) groups excluding carboxylic acids is 2. The summed E-state index contributed by atoms with van der Waals surface area (Å²) >= 11 is 6.03. The summed E-state index contributed by atoms with van der Waals surface area (Å²) in [5, 5.41) is 13.4. The fraction of sp³-hybridized carbons (Fsp3) is 0.619. The number of ether oxygens (including phenoxy) is 1. The van der Waals surface area contributed by atoms with E-state index in [0.717, 1.165) is 25.7 Å². The van der Waals surface area contributed by atoms with E-state index in [4.69, 9.17) is 16.3 Å². The van der Waals surface area contributed by atoms with Crippen molar-refractivity contribution in [3.8, 4) is 5.75 Å². The fourth-order valence-corrected chi connectivity index (χ4v) is 4.81. The first-order valence-corrected chi connectivity index (χ1v) is 10.5. The van der Waals surface area contributed by atoms with E-state index in [9.17, 15) is 14.7 Å². The predicted molar refractivity (Wildman–Crippen MR) is 105 cm³/mol. The van der Waals surface area contributed by atoms with Crippen molar-refractivity contribution >= 4 is 23.4 Å². The van der Waals surface area contributed by atoms with Gasteiger partial charge in [0.05, 0.1) is 18.2 Å². The normalized spacial score (nSPS) is 32.9. The Balaban J connectivity index is 1.43. The highest BCUT2D eigenvalue weighted by Crippen LogP contribution is 2.39. The number of benzene rings is 1. The van der Waals surface area contributed by atoms with Gasteiger partial charge >= 0.3 is 0 Å². The number of hydrogen-bond acceptors (Lipinski definition) is 4. The summed E-state index contributed by atoms with van der Waals surface area (Å²) in [6.45, 7) is 3.69. The number of hydrogen-bond donors (Lipinski definition) is 2. The van der Waals surface area contributed by atoms with Crippen molar-refractivity contribution in [1.82, 2.24) is 10.2 Å². The summed E-state index contributed by atoms with van der Waals surface area (Å²) in [5.41, 5.74) is -0.0138. The maximum atomic E-state index is 13.0. The summed E-state index contributed by atoms with van der Waals surface area (Å²) in [7, 11) is 0. The highest BCUT2D eigenvalue weighted by Gasteiger charge is 2.43. The van der Waals surface area contributed by atoms with Gasteiger partial charge in [-0.25, -0.2) is 0 Å². The van der Waals surface area contributed by atoms with Gasteiger partial charge < -0.3 is 20.1 Å². The lowest BCUT2D eigenvalue weighted by molar-refractivity contribution is -0.141. The molecule has 2 fully saturated rings. The monoisotopic (exact) mass is 406 g/mol. The van der Waals surface area contributed by atoms with Gasteiger partial charge in [0.25, 0.3) is 5.91 Å². The molecule has 1 aliphatic carbocycles. The molecule has 2 aliphatic heterocycles. The van der Waals surface area contributed by atoms with E-state index in [-0.39, 0.29) is 29.8 Å². The Morgan fingerprint density at radius 1 is 1.32 bits per heavy atom. The molecule has 28 heavy (non-hydrogen) atoms. The summed E-state index contributed by atoms with van der Waals surface area (Å²) in [5.74, 6) is 0.687. The second kappa shape index (κ2) is 7.56. The van der Waals surface area contributed by atoms with Crippen LogP contribution in [-0.2, 0) is 4.79 Å². The number of piperidine rings is 1. The quantitative estimate of drug-likeness (QED) is 0.751. The lowest BCUT2D eigenvalue weighted by Crippen LogP contribution is -2.51. The zero-order valence-electron chi connectivity index (χ0n) is 16.1. The Morgan fingerprint density at radius 2 is 2.07 bits per heavy atom. The van der Waals surface area contributed by atoms with Crippen molar-refractivity contribution in [1.29, 1.82) is 0 Å². The molecule has 2 atom stereocenters. The van der Waals surface area contributed by atoms with Crippen molar-refractivity contribution in [3.05, 3.63) is 28.8 Å². The van der Waals surface area contributed by atoms with Crippen LogP contribution in [0.5, 0.6) is 5.75 Å². The fourth-order valence-electron chi connectivity index (χ4n) is 4.64. The summed E-state index contributed by atoms with van der Waals surface area (Å²) in [6, 6.07) is 5.11. The molecule has 1 saturated heterocycles. The smallest absolute Gasteiger partial charge is 0.255 e. The van der Waals surface area contributed by atoms with Crippen LogP contribution in [0, 0.1) is 11.8 Å². The number of nitrogens with zero attached hydrogens (tertiary/aromatic N) is 1. The van der Waals surface area contributed by atoms with Gasteiger partial charge in [-0.1, -0.05) is 18.5 Å². The van der Waals surface area contributed by atoms with Gasteiger partial charge in [0.15, 0.2) is 0 Å². The second-order valence-electron chi connectivity index (χ2n) is 8.50. The summed E-state index contributed by atoms with van der Waals surface area (Å²) in [6.07, 6.45) is 3.26. The van der Waals surface area contributed by atoms with Crippen LogP contribution in [-0.4, -0.2) is 53.2 Å². The molecule has 4 rings (SSSR count). The van der Waals surface area contributed by atoms with Crippen molar-refractivity contribution < 1.29 is 19.4 Å². The van der Waals surface area contributed by atoms with Crippen LogP contribution in [0.1, 0.15) is 49.4 Å². The number of likely N-dealkylation sites (tertiary alicyclic amines) is 1. The van der Waals surface area contributed by atoms with Gasteiger partial charge in [-0.3, -0.25) is 9.59 Å². The van der Waals surface area contributed by atoms with Crippen LogP contribution in [0.4, 0.5) is 0 Å². The zero-order chi connectivity index (χ0) is 19.9. The minimum absolute atomic E-state index is 0.0136. The maximum absolute atomic E-state index is 13.0. The van der Waals surface area contributed by atoms with Crippen LogP contribution < -0.4 is 10.1 Å². The number of rotatable bonds is 1. The molecular formula is C21H27ClN2O4. The number of fused-ring (bicyclic) bond motifs is 1.